The lowest BCUT2D eigenvalue weighted by atomic mass is 10.1. The van der Waals surface area contributed by atoms with E-state index in [1.54, 1.807) is 7.05 Å². The summed E-state index contributed by atoms with van der Waals surface area (Å²) in [5, 5.41) is 6.51. The van der Waals surface area contributed by atoms with Crippen molar-refractivity contribution in [1.29, 1.82) is 0 Å². The molecule has 5 nitrogen and oxygen atoms in total. The first-order valence-corrected chi connectivity index (χ1v) is 8.34. The third-order valence-corrected chi connectivity index (χ3v) is 5.31. The second-order valence-electron chi connectivity index (χ2n) is 5.40. The number of hydrogen-bond acceptors (Lipinski definition) is 3. The Balaban J connectivity index is 0.00000324. The molecule has 0 spiro atoms. The van der Waals surface area contributed by atoms with Crippen molar-refractivity contribution < 1.29 is 8.42 Å². The Kier molecular flexibility index (Phi) is 8.26. The summed E-state index contributed by atoms with van der Waals surface area (Å²) in [5.74, 6) is 2.11. The van der Waals surface area contributed by atoms with Gasteiger partial charge in [0.1, 0.15) is 0 Å². The molecule has 1 saturated heterocycles. The van der Waals surface area contributed by atoms with Crippen molar-refractivity contribution in [2.75, 3.05) is 25.1 Å². The normalized spacial score (nSPS) is 23.8. The van der Waals surface area contributed by atoms with Gasteiger partial charge in [0.25, 0.3) is 0 Å². The van der Waals surface area contributed by atoms with E-state index in [1.807, 2.05) is 0 Å². The van der Waals surface area contributed by atoms with Crippen LogP contribution in [0.4, 0.5) is 0 Å². The van der Waals surface area contributed by atoms with Gasteiger partial charge in [-0.1, -0.05) is 13.8 Å². The monoisotopic (exact) mass is 403 g/mol. The summed E-state index contributed by atoms with van der Waals surface area (Å²) in [6.45, 7) is 7.07. The minimum Gasteiger partial charge on any atom is -0.356 e. The highest BCUT2D eigenvalue weighted by molar-refractivity contribution is 14.0. The van der Waals surface area contributed by atoms with Gasteiger partial charge in [-0.3, -0.25) is 4.99 Å². The van der Waals surface area contributed by atoms with Crippen LogP contribution in [0.15, 0.2) is 4.99 Å². The molecule has 0 aromatic heterocycles. The molecular weight excluding hydrogens is 377 g/mol. The Labute approximate surface area is 134 Å². The molecule has 0 amide bonds. The van der Waals surface area contributed by atoms with Crippen LogP contribution in [0.1, 0.15) is 27.2 Å². The molecule has 1 heterocycles. The molecule has 1 rings (SSSR count). The lowest BCUT2D eigenvalue weighted by molar-refractivity contribution is 0.476. The van der Waals surface area contributed by atoms with Gasteiger partial charge >= 0.3 is 0 Å². The lowest BCUT2D eigenvalue weighted by Gasteiger charge is -2.21. The highest BCUT2D eigenvalue weighted by atomic mass is 127. The molecule has 19 heavy (non-hydrogen) atoms. The van der Waals surface area contributed by atoms with Crippen LogP contribution in [-0.4, -0.2) is 45.5 Å². The summed E-state index contributed by atoms with van der Waals surface area (Å²) >= 11 is 0. The molecule has 2 atom stereocenters. The van der Waals surface area contributed by atoms with E-state index in [0.717, 1.165) is 12.4 Å². The van der Waals surface area contributed by atoms with E-state index < -0.39 is 9.84 Å². The maximum Gasteiger partial charge on any atom is 0.191 e. The topological polar surface area (TPSA) is 70.6 Å². The molecule has 0 aliphatic carbocycles. The second-order valence-corrected chi connectivity index (χ2v) is 7.63. The van der Waals surface area contributed by atoms with E-state index in [-0.39, 0.29) is 29.9 Å². The third-order valence-electron chi connectivity index (χ3n) is 3.47. The fraction of sp³-hybridized carbons (Fsp3) is 0.917. The van der Waals surface area contributed by atoms with Crippen molar-refractivity contribution in [3.63, 3.8) is 0 Å². The Morgan fingerprint density at radius 1 is 1.37 bits per heavy atom. The molecule has 0 aromatic carbocycles. The zero-order valence-corrected chi connectivity index (χ0v) is 15.3. The minimum absolute atomic E-state index is 0. The zero-order valence-electron chi connectivity index (χ0n) is 12.1. The third kappa shape index (κ3) is 6.78. The van der Waals surface area contributed by atoms with Gasteiger partial charge in [-0.05, 0) is 25.2 Å². The fourth-order valence-corrected chi connectivity index (χ4v) is 3.71. The first-order chi connectivity index (χ1) is 8.34. The quantitative estimate of drug-likeness (QED) is 0.421. The average Bonchev–Trinajstić information content (AvgIpc) is 2.63. The molecule has 0 bridgehead atoms. The maximum atomic E-state index is 11.3. The molecule has 0 aromatic rings. The largest absolute Gasteiger partial charge is 0.356 e. The Morgan fingerprint density at radius 2 is 2.00 bits per heavy atom. The van der Waals surface area contributed by atoms with Crippen LogP contribution in [-0.2, 0) is 9.84 Å². The summed E-state index contributed by atoms with van der Waals surface area (Å²) in [7, 11) is -1.06. The van der Waals surface area contributed by atoms with E-state index in [4.69, 9.17) is 0 Å². The number of nitrogens with one attached hydrogen (secondary N) is 2. The number of guanidine groups is 1. The van der Waals surface area contributed by atoms with Crippen LogP contribution < -0.4 is 10.6 Å². The molecule has 0 saturated carbocycles. The van der Waals surface area contributed by atoms with Crippen molar-refractivity contribution >= 4 is 39.8 Å². The van der Waals surface area contributed by atoms with Crippen molar-refractivity contribution in [3.8, 4) is 0 Å². The number of sulfone groups is 1. The predicted octanol–water partition coefficient (Wildman–Crippen LogP) is 1.25. The summed E-state index contributed by atoms with van der Waals surface area (Å²) in [6, 6.07) is 0.337. The van der Waals surface area contributed by atoms with E-state index in [0.29, 0.717) is 30.0 Å². The fourth-order valence-electron chi connectivity index (χ4n) is 1.85. The molecule has 2 unspecified atom stereocenters. The molecule has 0 radical (unpaired) electrons. The molecule has 114 valence electrons. The first-order valence-electron chi connectivity index (χ1n) is 6.51. The van der Waals surface area contributed by atoms with Crippen LogP contribution in [0.2, 0.25) is 0 Å². The molecular formula is C12H26IN3O2S. The highest BCUT2D eigenvalue weighted by Gasteiger charge is 2.27. The van der Waals surface area contributed by atoms with Crippen molar-refractivity contribution in [1.82, 2.24) is 10.6 Å². The predicted molar refractivity (Wildman–Crippen MR) is 91.0 cm³/mol. The average molecular weight is 403 g/mol. The number of aliphatic imine (C=N–C) groups is 1. The Morgan fingerprint density at radius 3 is 2.42 bits per heavy atom. The summed E-state index contributed by atoms with van der Waals surface area (Å²) in [5.41, 5.74) is 0. The van der Waals surface area contributed by atoms with E-state index in [9.17, 15) is 8.42 Å². The molecule has 1 aliphatic heterocycles. The van der Waals surface area contributed by atoms with Gasteiger partial charge < -0.3 is 10.6 Å². The summed E-state index contributed by atoms with van der Waals surface area (Å²) in [4.78, 5) is 4.15. The van der Waals surface area contributed by atoms with Crippen molar-refractivity contribution in [2.24, 2.45) is 16.8 Å². The molecule has 7 heteroatoms. The van der Waals surface area contributed by atoms with Gasteiger partial charge in [-0.2, -0.15) is 0 Å². The zero-order chi connectivity index (χ0) is 13.8. The Bertz CT molecular complexity index is 396. The number of hydrogen-bond donors (Lipinski definition) is 2. The van der Waals surface area contributed by atoms with Crippen LogP contribution >= 0.6 is 24.0 Å². The molecule has 1 fully saturated rings. The molecule has 1 aliphatic rings. The SMILES string of the molecule is CN=C(NCC1CCS(=O)(=O)C1)NC(C)C(C)C.I. The summed E-state index contributed by atoms with van der Waals surface area (Å²) in [6.07, 6.45) is 0.756. The standard InChI is InChI=1S/C12H25N3O2S.HI/c1-9(2)10(3)15-12(13-4)14-7-11-5-6-18(16,17)8-11;/h9-11H,5-8H2,1-4H3,(H2,13,14,15);1H. The smallest absolute Gasteiger partial charge is 0.191 e. The van der Waals surface area contributed by atoms with E-state index in [2.05, 4.69) is 36.4 Å². The number of nitrogens with zero attached hydrogens (tertiary/aromatic N) is 1. The van der Waals surface area contributed by atoms with Crippen molar-refractivity contribution in [3.05, 3.63) is 0 Å². The van der Waals surface area contributed by atoms with E-state index in [1.165, 1.54) is 0 Å². The van der Waals surface area contributed by atoms with Gasteiger partial charge in [0, 0.05) is 19.6 Å². The molecule has 2 N–H and O–H groups in total. The van der Waals surface area contributed by atoms with Gasteiger partial charge in [0.15, 0.2) is 15.8 Å². The second kappa shape index (κ2) is 8.28. The van der Waals surface area contributed by atoms with Crippen LogP contribution in [0, 0.1) is 11.8 Å². The van der Waals surface area contributed by atoms with Gasteiger partial charge in [-0.25, -0.2) is 8.42 Å². The van der Waals surface area contributed by atoms with Crippen LogP contribution in [0.25, 0.3) is 0 Å². The van der Waals surface area contributed by atoms with Crippen molar-refractivity contribution in [2.45, 2.75) is 33.2 Å². The van der Waals surface area contributed by atoms with E-state index >= 15 is 0 Å². The Hall–Kier alpha value is -0.0500. The van der Waals surface area contributed by atoms with Crippen LogP contribution in [0.3, 0.4) is 0 Å². The lowest BCUT2D eigenvalue weighted by Crippen LogP contribution is -2.45. The summed E-state index contributed by atoms with van der Waals surface area (Å²) < 4.78 is 22.7. The highest BCUT2D eigenvalue weighted by Crippen LogP contribution is 2.17. The first kappa shape index (κ1) is 18.9. The number of rotatable bonds is 4. The maximum absolute atomic E-state index is 11.3. The van der Waals surface area contributed by atoms with Gasteiger partial charge in [0.2, 0.25) is 0 Å². The van der Waals surface area contributed by atoms with Crippen LogP contribution in [0.5, 0.6) is 0 Å². The van der Waals surface area contributed by atoms with Gasteiger partial charge in [-0.15, -0.1) is 24.0 Å². The number of halogens is 1. The minimum atomic E-state index is -2.79. The van der Waals surface area contributed by atoms with Gasteiger partial charge in [0.05, 0.1) is 11.5 Å².